The molecule has 0 aromatic carbocycles. The van der Waals surface area contributed by atoms with Crippen molar-refractivity contribution in [3.05, 3.63) is 41.1 Å². The third kappa shape index (κ3) is 4.11. The molecule has 0 bridgehead atoms. The van der Waals surface area contributed by atoms with Gasteiger partial charge < -0.3 is 9.73 Å². The van der Waals surface area contributed by atoms with Crippen molar-refractivity contribution in [2.45, 2.75) is 32.2 Å². The van der Waals surface area contributed by atoms with E-state index in [1.807, 2.05) is 30.2 Å². The van der Waals surface area contributed by atoms with Crippen LogP contribution in [0.2, 0.25) is 5.22 Å². The molecule has 2 rings (SSSR count). The maximum Gasteiger partial charge on any atom is 0.193 e. The molecule has 2 heterocycles. The highest BCUT2D eigenvalue weighted by atomic mass is 35.5. The second-order valence-electron chi connectivity index (χ2n) is 4.71. The molecule has 19 heavy (non-hydrogen) atoms. The van der Waals surface area contributed by atoms with E-state index in [1.54, 1.807) is 6.07 Å². The summed E-state index contributed by atoms with van der Waals surface area (Å²) in [6, 6.07) is 3.94. The van der Waals surface area contributed by atoms with Crippen LogP contribution in [-0.2, 0) is 13.5 Å². The zero-order valence-corrected chi connectivity index (χ0v) is 12.2. The van der Waals surface area contributed by atoms with Crippen molar-refractivity contribution < 1.29 is 4.42 Å². The van der Waals surface area contributed by atoms with Crippen LogP contribution in [0.4, 0.5) is 0 Å². The van der Waals surface area contributed by atoms with E-state index in [0.29, 0.717) is 5.22 Å². The van der Waals surface area contributed by atoms with E-state index in [-0.39, 0.29) is 6.04 Å². The molecular formula is C14H20ClN3O. The quantitative estimate of drug-likeness (QED) is 0.846. The summed E-state index contributed by atoms with van der Waals surface area (Å²) in [5.41, 5.74) is 1.24. The Kier molecular flexibility index (Phi) is 5.05. The van der Waals surface area contributed by atoms with Crippen LogP contribution < -0.4 is 5.32 Å². The largest absolute Gasteiger partial charge is 0.448 e. The summed E-state index contributed by atoms with van der Waals surface area (Å²) in [7, 11) is 1.93. The first kappa shape index (κ1) is 14.2. The summed E-state index contributed by atoms with van der Waals surface area (Å²) >= 11 is 5.85. The molecule has 0 fully saturated rings. The maximum atomic E-state index is 5.85. The van der Waals surface area contributed by atoms with Crippen LogP contribution >= 0.6 is 11.6 Å². The highest BCUT2D eigenvalue weighted by Gasteiger charge is 2.15. The molecule has 0 saturated heterocycles. The highest BCUT2D eigenvalue weighted by Crippen LogP contribution is 2.23. The van der Waals surface area contributed by atoms with Crippen LogP contribution in [0.15, 0.2) is 28.9 Å². The molecule has 0 aliphatic rings. The fourth-order valence-corrected chi connectivity index (χ4v) is 2.24. The van der Waals surface area contributed by atoms with Gasteiger partial charge in [-0.3, -0.25) is 4.68 Å². The predicted molar refractivity (Wildman–Crippen MR) is 76.3 cm³/mol. The Balaban J connectivity index is 1.97. The van der Waals surface area contributed by atoms with Gasteiger partial charge in [-0.25, -0.2) is 0 Å². The van der Waals surface area contributed by atoms with Crippen molar-refractivity contribution in [1.82, 2.24) is 15.1 Å². The van der Waals surface area contributed by atoms with Gasteiger partial charge >= 0.3 is 0 Å². The van der Waals surface area contributed by atoms with Gasteiger partial charge in [0, 0.05) is 13.2 Å². The minimum absolute atomic E-state index is 0.202. The van der Waals surface area contributed by atoms with Crippen molar-refractivity contribution in [1.29, 1.82) is 0 Å². The zero-order chi connectivity index (χ0) is 13.7. The molecule has 0 saturated carbocycles. The summed E-state index contributed by atoms with van der Waals surface area (Å²) in [6.07, 6.45) is 6.99. The molecule has 1 N–H and O–H groups in total. The number of nitrogens with one attached hydrogen (secondary N) is 1. The lowest BCUT2D eigenvalue weighted by molar-refractivity contribution is 0.397. The van der Waals surface area contributed by atoms with E-state index in [1.165, 1.54) is 5.56 Å². The van der Waals surface area contributed by atoms with Gasteiger partial charge in [0.05, 0.1) is 12.2 Å². The first-order chi connectivity index (χ1) is 9.19. The molecular weight excluding hydrogens is 262 g/mol. The minimum Gasteiger partial charge on any atom is -0.448 e. The number of hydrogen-bond acceptors (Lipinski definition) is 3. The second-order valence-corrected chi connectivity index (χ2v) is 5.08. The van der Waals surface area contributed by atoms with Crippen LogP contribution in [0.3, 0.4) is 0 Å². The van der Waals surface area contributed by atoms with Crippen LogP contribution in [0.1, 0.15) is 37.1 Å². The molecule has 4 nitrogen and oxygen atoms in total. The Labute approximate surface area is 118 Å². The summed E-state index contributed by atoms with van der Waals surface area (Å²) in [6.45, 7) is 3.12. The molecule has 1 unspecified atom stereocenters. The molecule has 1 atom stereocenters. The molecule has 0 spiro atoms. The van der Waals surface area contributed by atoms with Crippen LogP contribution in [-0.4, -0.2) is 16.3 Å². The fraction of sp³-hybridized carbons (Fsp3) is 0.500. The van der Waals surface area contributed by atoms with Gasteiger partial charge in [-0.1, -0.05) is 6.92 Å². The molecule has 0 aliphatic heterocycles. The lowest BCUT2D eigenvalue weighted by atomic mass is 10.1. The Morgan fingerprint density at radius 1 is 1.47 bits per heavy atom. The molecule has 2 aromatic rings. The SMILES string of the molecule is CCCNC(CCc1cnn(C)c1)c1ccc(Cl)o1. The van der Waals surface area contributed by atoms with Gasteiger partial charge in [0.1, 0.15) is 5.76 Å². The number of furan rings is 1. The summed E-state index contributed by atoms with van der Waals surface area (Å²) < 4.78 is 7.35. The van der Waals surface area contributed by atoms with E-state index in [9.17, 15) is 0 Å². The van der Waals surface area contributed by atoms with Gasteiger partial charge in [0.2, 0.25) is 0 Å². The Morgan fingerprint density at radius 3 is 2.89 bits per heavy atom. The van der Waals surface area contributed by atoms with Crippen molar-refractivity contribution in [3.8, 4) is 0 Å². The predicted octanol–water partition coefficient (Wildman–Crippen LogP) is 3.34. The zero-order valence-electron chi connectivity index (χ0n) is 11.4. The fourth-order valence-electron chi connectivity index (χ4n) is 2.09. The average Bonchev–Trinajstić information content (AvgIpc) is 2.99. The summed E-state index contributed by atoms with van der Waals surface area (Å²) in [5, 5.41) is 8.13. The lowest BCUT2D eigenvalue weighted by Crippen LogP contribution is -2.22. The minimum atomic E-state index is 0.202. The van der Waals surface area contributed by atoms with E-state index >= 15 is 0 Å². The molecule has 5 heteroatoms. The van der Waals surface area contributed by atoms with Crippen LogP contribution in [0.5, 0.6) is 0 Å². The monoisotopic (exact) mass is 281 g/mol. The highest BCUT2D eigenvalue weighted by molar-refractivity contribution is 6.28. The van der Waals surface area contributed by atoms with Gasteiger partial charge in [-0.2, -0.15) is 5.10 Å². The number of aryl methyl sites for hydroxylation is 2. The van der Waals surface area contributed by atoms with E-state index in [2.05, 4.69) is 17.3 Å². The normalized spacial score (nSPS) is 12.8. The number of aromatic nitrogens is 2. The number of rotatable bonds is 7. The molecule has 104 valence electrons. The van der Waals surface area contributed by atoms with Crippen LogP contribution in [0.25, 0.3) is 0 Å². The van der Waals surface area contributed by atoms with Gasteiger partial charge in [0.25, 0.3) is 0 Å². The van der Waals surface area contributed by atoms with Crippen LogP contribution in [0, 0.1) is 0 Å². The van der Waals surface area contributed by atoms with Crippen molar-refractivity contribution in [2.24, 2.45) is 7.05 Å². The van der Waals surface area contributed by atoms with E-state index in [0.717, 1.165) is 31.6 Å². The summed E-state index contributed by atoms with van der Waals surface area (Å²) in [4.78, 5) is 0. The van der Waals surface area contributed by atoms with E-state index in [4.69, 9.17) is 16.0 Å². The Hall–Kier alpha value is -1.26. The Morgan fingerprint density at radius 2 is 2.32 bits per heavy atom. The maximum absolute atomic E-state index is 5.85. The first-order valence-electron chi connectivity index (χ1n) is 6.65. The van der Waals surface area contributed by atoms with Gasteiger partial charge in [-0.15, -0.1) is 0 Å². The van der Waals surface area contributed by atoms with Crippen molar-refractivity contribution >= 4 is 11.6 Å². The number of nitrogens with zero attached hydrogens (tertiary/aromatic N) is 2. The number of halogens is 1. The standard InChI is InChI=1S/C14H20ClN3O/c1-3-8-16-12(13-6-7-14(15)19-13)5-4-11-9-17-18(2)10-11/h6-7,9-10,12,16H,3-5,8H2,1-2H3. The summed E-state index contributed by atoms with van der Waals surface area (Å²) in [5.74, 6) is 0.905. The third-order valence-electron chi connectivity index (χ3n) is 3.06. The third-order valence-corrected chi connectivity index (χ3v) is 3.26. The topological polar surface area (TPSA) is 43.0 Å². The van der Waals surface area contributed by atoms with Gasteiger partial charge in [-0.05, 0) is 55.1 Å². The van der Waals surface area contributed by atoms with Crippen molar-refractivity contribution in [3.63, 3.8) is 0 Å². The Bertz CT molecular complexity index is 506. The van der Waals surface area contributed by atoms with Gasteiger partial charge in [0.15, 0.2) is 5.22 Å². The molecule has 0 aliphatic carbocycles. The first-order valence-corrected chi connectivity index (χ1v) is 7.03. The smallest absolute Gasteiger partial charge is 0.193 e. The molecule has 2 aromatic heterocycles. The molecule has 0 amide bonds. The van der Waals surface area contributed by atoms with Crippen molar-refractivity contribution in [2.75, 3.05) is 6.54 Å². The average molecular weight is 282 g/mol. The molecule has 0 radical (unpaired) electrons. The second kappa shape index (κ2) is 6.78. The van der Waals surface area contributed by atoms with E-state index < -0.39 is 0 Å². The number of hydrogen-bond donors (Lipinski definition) is 1. The lowest BCUT2D eigenvalue weighted by Gasteiger charge is -2.15.